The summed E-state index contributed by atoms with van der Waals surface area (Å²) in [5, 5.41) is 10.1. The number of rotatable bonds is 2. The maximum Gasteiger partial charge on any atom is 0.319 e. The number of carbonyl (C=O) groups is 1. The normalized spacial score (nSPS) is 10.7. The Morgan fingerprint density at radius 3 is 2.53 bits per heavy atom. The zero-order valence-electron chi connectivity index (χ0n) is 10.5. The zero-order valence-corrected chi connectivity index (χ0v) is 10.5. The first-order valence-electron chi connectivity index (χ1n) is 5.80. The summed E-state index contributed by atoms with van der Waals surface area (Å²) in [6, 6.07) is 4.23. The summed E-state index contributed by atoms with van der Waals surface area (Å²) >= 11 is 0. The third-order valence-corrected chi connectivity index (χ3v) is 2.49. The van der Waals surface area contributed by atoms with Crippen LogP contribution in [-0.4, -0.2) is 22.3 Å². The number of nitrogens with one attached hydrogen (secondary N) is 4. The van der Waals surface area contributed by atoms with Crippen LogP contribution in [0.15, 0.2) is 27.8 Å². The van der Waals surface area contributed by atoms with Crippen LogP contribution in [0.3, 0.4) is 0 Å². The van der Waals surface area contributed by atoms with Gasteiger partial charge in [-0.05, 0) is 26.0 Å². The van der Waals surface area contributed by atoms with E-state index in [0.29, 0.717) is 5.69 Å². The SMILES string of the molecule is CC(C)NC(=O)Nc1cccc2c(=O)[nH][nH]c(=O)c12. The number of hydrogen-bond donors (Lipinski definition) is 4. The quantitative estimate of drug-likeness (QED) is 0.641. The first kappa shape index (κ1) is 12.9. The molecule has 1 aromatic heterocycles. The number of carbonyl (C=O) groups excluding carboxylic acids is 1. The summed E-state index contributed by atoms with van der Waals surface area (Å²) in [5.74, 6) is 0. The highest BCUT2D eigenvalue weighted by atomic mass is 16.2. The van der Waals surface area contributed by atoms with Gasteiger partial charge in [-0.2, -0.15) is 0 Å². The Kier molecular flexibility index (Phi) is 3.37. The van der Waals surface area contributed by atoms with E-state index in [1.165, 1.54) is 6.07 Å². The van der Waals surface area contributed by atoms with Crippen molar-refractivity contribution in [1.29, 1.82) is 0 Å². The van der Waals surface area contributed by atoms with Gasteiger partial charge in [0.2, 0.25) is 0 Å². The molecular weight excluding hydrogens is 248 g/mol. The fourth-order valence-electron chi connectivity index (χ4n) is 1.75. The number of H-pyrrole nitrogens is 2. The van der Waals surface area contributed by atoms with E-state index in [0.717, 1.165) is 0 Å². The summed E-state index contributed by atoms with van der Waals surface area (Å²) in [6.45, 7) is 3.64. The van der Waals surface area contributed by atoms with Crippen molar-refractivity contribution in [1.82, 2.24) is 15.5 Å². The first-order valence-corrected chi connectivity index (χ1v) is 5.80. The number of urea groups is 1. The van der Waals surface area contributed by atoms with Gasteiger partial charge in [0, 0.05) is 6.04 Å². The van der Waals surface area contributed by atoms with Crippen LogP contribution in [0.5, 0.6) is 0 Å². The molecule has 0 aliphatic heterocycles. The fourth-order valence-corrected chi connectivity index (χ4v) is 1.75. The Hall–Kier alpha value is -2.57. The molecule has 100 valence electrons. The molecule has 7 nitrogen and oxygen atoms in total. The molecule has 0 radical (unpaired) electrons. The van der Waals surface area contributed by atoms with Crippen LogP contribution < -0.4 is 21.8 Å². The first-order chi connectivity index (χ1) is 8.99. The second kappa shape index (κ2) is 4.97. The van der Waals surface area contributed by atoms with Crippen molar-refractivity contribution in [3.8, 4) is 0 Å². The summed E-state index contributed by atoms with van der Waals surface area (Å²) in [5.41, 5.74) is -0.583. The minimum Gasteiger partial charge on any atom is -0.336 e. The van der Waals surface area contributed by atoms with Gasteiger partial charge >= 0.3 is 6.03 Å². The van der Waals surface area contributed by atoms with Gasteiger partial charge in [-0.15, -0.1) is 0 Å². The Morgan fingerprint density at radius 2 is 1.84 bits per heavy atom. The molecule has 1 heterocycles. The average Bonchev–Trinajstić information content (AvgIpc) is 2.33. The number of anilines is 1. The van der Waals surface area contributed by atoms with E-state index in [1.807, 2.05) is 13.8 Å². The minimum atomic E-state index is -0.463. The van der Waals surface area contributed by atoms with Crippen LogP contribution in [0.4, 0.5) is 10.5 Å². The molecule has 2 rings (SSSR count). The molecule has 0 saturated heterocycles. The van der Waals surface area contributed by atoms with E-state index in [-0.39, 0.29) is 16.8 Å². The predicted octanol–water partition coefficient (Wildman–Crippen LogP) is 0.746. The van der Waals surface area contributed by atoms with Gasteiger partial charge in [0.25, 0.3) is 11.1 Å². The third kappa shape index (κ3) is 2.65. The average molecular weight is 262 g/mol. The third-order valence-electron chi connectivity index (χ3n) is 2.49. The Balaban J connectivity index is 2.50. The lowest BCUT2D eigenvalue weighted by atomic mass is 10.1. The Morgan fingerprint density at radius 1 is 1.16 bits per heavy atom. The second-order valence-corrected chi connectivity index (χ2v) is 4.39. The highest BCUT2D eigenvalue weighted by Gasteiger charge is 2.10. The maximum atomic E-state index is 11.8. The van der Waals surface area contributed by atoms with Gasteiger partial charge in [-0.1, -0.05) is 6.07 Å². The molecule has 19 heavy (non-hydrogen) atoms. The van der Waals surface area contributed by atoms with Crippen molar-refractivity contribution < 1.29 is 4.79 Å². The molecule has 0 aliphatic carbocycles. The highest BCUT2D eigenvalue weighted by molar-refractivity contribution is 6.00. The lowest BCUT2D eigenvalue weighted by Gasteiger charge is -2.11. The minimum absolute atomic E-state index is 0.0309. The van der Waals surface area contributed by atoms with Crippen molar-refractivity contribution in [2.75, 3.05) is 5.32 Å². The Labute approximate surface area is 108 Å². The molecule has 4 N–H and O–H groups in total. The lowest BCUT2D eigenvalue weighted by Crippen LogP contribution is -2.34. The van der Waals surface area contributed by atoms with Crippen molar-refractivity contribution in [2.24, 2.45) is 0 Å². The molecule has 0 unspecified atom stereocenters. The molecule has 2 amide bonds. The van der Waals surface area contributed by atoms with E-state index < -0.39 is 17.1 Å². The number of fused-ring (bicyclic) bond motifs is 1. The van der Waals surface area contributed by atoms with Crippen LogP contribution in [0.1, 0.15) is 13.8 Å². The van der Waals surface area contributed by atoms with Crippen molar-refractivity contribution >= 4 is 22.5 Å². The van der Waals surface area contributed by atoms with Crippen LogP contribution in [0, 0.1) is 0 Å². The summed E-state index contributed by atoms with van der Waals surface area (Å²) in [6.07, 6.45) is 0. The van der Waals surface area contributed by atoms with Crippen LogP contribution >= 0.6 is 0 Å². The van der Waals surface area contributed by atoms with Gasteiger partial charge in [0.15, 0.2) is 0 Å². The predicted molar refractivity (Wildman–Crippen MR) is 72.5 cm³/mol. The second-order valence-electron chi connectivity index (χ2n) is 4.39. The summed E-state index contributed by atoms with van der Waals surface area (Å²) in [4.78, 5) is 35.0. The standard InChI is InChI=1S/C12H14N4O3/c1-6(2)13-12(19)14-8-5-3-4-7-9(8)11(18)16-15-10(7)17/h3-6H,1-2H3,(H,15,17)(H,16,18)(H2,13,14,19). The molecule has 0 saturated carbocycles. The monoisotopic (exact) mass is 262 g/mol. The van der Waals surface area contributed by atoms with Crippen LogP contribution in [0.2, 0.25) is 0 Å². The van der Waals surface area contributed by atoms with Gasteiger partial charge < -0.3 is 10.6 Å². The van der Waals surface area contributed by atoms with Gasteiger partial charge in [-0.25, -0.2) is 4.79 Å². The van der Waals surface area contributed by atoms with Gasteiger partial charge in [-0.3, -0.25) is 19.8 Å². The van der Waals surface area contributed by atoms with E-state index in [4.69, 9.17) is 0 Å². The van der Waals surface area contributed by atoms with Gasteiger partial charge in [0.05, 0.1) is 16.5 Å². The number of hydrogen-bond acceptors (Lipinski definition) is 3. The van der Waals surface area contributed by atoms with Gasteiger partial charge in [0.1, 0.15) is 0 Å². The van der Waals surface area contributed by atoms with E-state index in [9.17, 15) is 14.4 Å². The Bertz CT molecular complexity index is 730. The van der Waals surface area contributed by atoms with Crippen molar-refractivity contribution in [3.05, 3.63) is 38.9 Å². The molecule has 7 heteroatoms. The summed E-state index contributed by atoms with van der Waals surface area (Å²) in [7, 11) is 0. The van der Waals surface area contributed by atoms with E-state index in [1.54, 1.807) is 12.1 Å². The number of benzene rings is 1. The smallest absolute Gasteiger partial charge is 0.319 e. The molecule has 0 aliphatic rings. The van der Waals surface area contributed by atoms with E-state index >= 15 is 0 Å². The fraction of sp³-hybridized carbons (Fsp3) is 0.250. The lowest BCUT2D eigenvalue weighted by molar-refractivity contribution is 0.250. The molecule has 2 aromatic rings. The molecule has 0 bridgehead atoms. The molecule has 0 fully saturated rings. The number of aromatic nitrogens is 2. The number of amides is 2. The number of aromatic amines is 2. The molecule has 0 spiro atoms. The highest BCUT2D eigenvalue weighted by Crippen LogP contribution is 2.16. The van der Waals surface area contributed by atoms with E-state index in [2.05, 4.69) is 20.8 Å². The largest absolute Gasteiger partial charge is 0.336 e. The van der Waals surface area contributed by atoms with Crippen LogP contribution in [0.25, 0.3) is 10.8 Å². The topological polar surface area (TPSA) is 107 Å². The summed E-state index contributed by atoms with van der Waals surface area (Å²) < 4.78 is 0. The zero-order chi connectivity index (χ0) is 14.0. The van der Waals surface area contributed by atoms with Crippen molar-refractivity contribution in [2.45, 2.75) is 19.9 Å². The van der Waals surface area contributed by atoms with Crippen molar-refractivity contribution in [3.63, 3.8) is 0 Å². The van der Waals surface area contributed by atoms with Crippen LogP contribution in [-0.2, 0) is 0 Å². The molecule has 1 aromatic carbocycles. The molecule has 0 atom stereocenters. The maximum absolute atomic E-state index is 11.8. The molecular formula is C12H14N4O3.